The van der Waals surface area contributed by atoms with E-state index in [-0.39, 0.29) is 6.54 Å². The second-order valence-corrected chi connectivity index (χ2v) is 6.63. The lowest BCUT2D eigenvalue weighted by Gasteiger charge is -2.25. The van der Waals surface area contributed by atoms with Crippen LogP contribution in [0.15, 0.2) is 0 Å². The summed E-state index contributed by atoms with van der Waals surface area (Å²) < 4.78 is 31.8. The number of unbranched alkanes of at least 4 members (excludes halogenated alkanes) is 2. The highest BCUT2D eigenvalue weighted by Crippen LogP contribution is 2.12. The average molecular weight is 281 g/mol. The summed E-state index contributed by atoms with van der Waals surface area (Å²) in [4.78, 5) is 11.7. The molecule has 0 fully saturated rings. The molecule has 0 heterocycles. The summed E-state index contributed by atoms with van der Waals surface area (Å²) in [5, 5.41) is 0.760. The number of amides is 1. The van der Waals surface area contributed by atoms with Crippen molar-refractivity contribution in [2.75, 3.05) is 12.8 Å². The minimum Gasteiger partial charge on any atom is -0.442 e. The minimum absolute atomic E-state index is 0.190. The van der Waals surface area contributed by atoms with E-state index < -0.39 is 21.8 Å². The lowest BCUT2D eigenvalue weighted by Crippen LogP contribution is -2.38. The molecule has 0 radical (unpaired) electrons. The molecule has 0 saturated carbocycles. The van der Waals surface area contributed by atoms with Gasteiger partial charge in [0.2, 0.25) is 0 Å². The number of hydrogen-bond donors (Lipinski definition) is 0. The Balaban J connectivity index is 4.59. The van der Waals surface area contributed by atoms with Crippen molar-refractivity contribution in [1.29, 1.82) is 0 Å². The zero-order chi connectivity index (χ0) is 14.4. The Morgan fingerprint density at radius 1 is 1.22 bits per heavy atom. The van der Waals surface area contributed by atoms with E-state index in [0.717, 1.165) is 24.2 Å². The Labute approximate surface area is 109 Å². The standard InChI is InChI=1S/C11H23NO5S/c1-6-7-8-9-12(17-18(5,14)15)10(13)16-11(2,3)4/h6-9H2,1-5H3. The number of carbonyl (C=O) groups is 1. The molecule has 0 spiro atoms. The molecule has 108 valence electrons. The van der Waals surface area contributed by atoms with Crippen molar-refractivity contribution in [1.82, 2.24) is 5.06 Å². The van der Waals surface area contributed by atoms with Crippen LogP contribution in [0.4, 0.5) is 4.79 Å². The molecule has 0 saturated heterocycles. The van der Waals surface area contributed by atoms with E-state index in [1.807, 2.05) is 6.92 Å². The van der Waals surface area contributed by atoms with Gasteiger partial charge >= 0.3 is 6.09 Å². The fraction of sp³-hybridized carbons (Fsp3) is 0.909. The van der Waals surface area contributed by atoms with Gasteiger partial charge in [0.15, 0.2) is 0 Å². The topological polar surface area (TPSA) is 72.9 Å². The molecule has 0 N–H and O–H groups in total. The van der Waals surface area contributed by atoms with Gasteiger partial charge in [0.1, 0.15) is 5.60 Å². The Kier molecular flexibility index (Phi) is 6.62. The molecule has 0 aliphatic carbocycles. The SMILES string of the molecule is CCCCCN(OS(C)(=O)=O)C(=O)OC(C)(C)C. The van der Waals surface area contributed by atoms with Crippen LogP contribution in [0.2, 0.25) is 0 Å². The third kappa shape index (κ3) is 9.23. The highest BCUT2D eigenvalue weighted by Gasteiger charge is 2.25. The van der Waals surface area contributed by atoms with Crippen molar-refractivity contribution in [3.05, 3.63) is 0 Å². The smallest absolute Gasteiger partial charge is 0.435 e. The maximum Gasteiger partial charge on any atom is 0.435 e. The maximum absolute atomic E-state index is 11.7. The second-order valence-electron chi connectivity index (χ2n) is 5.07. The highest BCUT2D eigenvalue weighted by molar-refractivity contribution is 7.85. The Morgan fingerprint density at radius 3 is 2.17 bits per heavy atom. The zero-order valence-corrected chi connectivity index (χ0v) is 12.5. The maximum atomic E-state index is 11.7. The molecule has 7 heteroatoms. The van der Waals surface area contributed by atoms with Gasteiger partial charge in [-0.05, 0) is 27.2 Å². The fourth-order valence-electron chi connectivity index (χ4n) is 1.14. The third-order valence-corrected chi connectivity index (χ3v) is 2.24. The lowest BCUT2D eigenvalue weighted by molar-refractivity contribution is -0.0685. The van der Waals surface area contributed by atoms with Crippen LogP contribution in [-0.2, 0) is 19.1 Å². The minimum atomic E-state index is -3.74. The van der Waals surface area contributed by atoms with E-state index in [2.05, 4.69) is 4.28 Å². The monoisotopic (exact) mass is 281 g/mol. The van der Waals surface area contributed by atoms with Gasteiger partial charge in [-0.3, -0.25) is 0 Å². The molecule has 0 bridgehead atoms. The molecular weight excluding hydrogens is 258 g/mol. The van der Waals surface area contributed by atoms with Crippen LogP contribution in [0.1, 0.15) is 47.0 Å². The summed E-state index contributed by atoms with van der Waals surface area (Å²) in [6, 6.07) is 0. The van der Waals surface area contributed by atoms with Crippen LogP contribution in [0, 0.1) is 0 Å². The number of rotatable bonds is 6. The molecule has 6 nitrogen and oxygen atoms in total. The third-order valence-electron chi connectivity index (χ3n) is 1.79. The van der Waals surface area contributed by atoms with E-state index in [1.165, 1.54) is 0 Å². The normalized spacial score (nSPS) is 12.3. The summed E-state index contributed by atoms with van der Waals surface area (Å²) in [6.07, 6.45) is 2.60. The number of nitrogens with zero attached hydrogens (tertiary/aromatic N) is 1. The van der Waals surface area contributed by atoms with E-state index in [1.54, 1.807) is 20.8 Å². The van der Waals surface area contributed by atoms with Crippen molar-refractivity contribution in [2.45, 2.75) is 52.6 Å². The van der Waals surface area contributed by atoms with Gasteiger partial charge in [0.25, 0.3) is 10.1 Å². The largest absolute Gasteiger partial charge is 0.442 e. The molecule has 0 aliphatic heterocycles. The predicted octanol–water partition coefficient (Wildman–Crippen LogP) is 2.30. The van der Waals surface area contributed by atoms with E-state index in [9.17, 15) is 13.2 Å². The molecule has 0 aromatic heterocycles. The van der Waals surface area contributed by atoms with Crippen LogP contribution < -0.4 is 0 Å². The molecule has 18 heavy (non-hydrogen) atoms. The van der Waals surface area contributed by atoms with Crippen molar-refractivity contribution in [3.63, 3.8) is 0 Å². The van der Waals surface area contributed by atoms with Gasteiger partial charge in [-0.1, -0.05) is 19.8 Å². The lowest BCUT2D eigenvalue weighted by atomic mass is 10.2. The Morgan fingerprint density at radius 2 is 1.78 bits per heavy atom. The first kappa shape index (κ1) is 17.2. The molecular formula is C11H23NO5S. The molecule has 0 rings (SSSR count). The van der Waals surface area contributed by atoms with Crippen LogP contribution in [0.25, 0.3) is 0 Å². The number of hydrogen-bond acceptors (Lipinski definition) is 5. The summed E-state index contributed by atoms with van der Waals surface area (Å²) in [7, 11) is -3.74. The van der Waals surface area contributed by atoms with Gasteiger partial charge in [-0.25, -0.2) is 4.79 Å². The fourth-order valence-corrected chi connectivity index (χ4v) is 1.60. The van der Waals surface area contributed by atoms with E-state index >= 15 is 0 Å². The Hall–Kier alpha value is -0.820. The van der Waals surface area contributed by atoms with Crippen LogP contribution in [0.3, 0.4) is 0 Å². The molecule has 0 unspecified atom stereocenters. The van der Waals surface area contributed by atoms with Crippen molar-refractivity contribution in [2.24, 2.45) is 0 Å². The van der Waals surface area contributed by atoms with E-state index in [0.29, 0.717) is 6.42 Å². The first-order chi connectivity index (χ1) is 8.05. The highest BCUT2D eigenvalue weighted by atomic mass is 32.2. The Bertz CT molecular complexity index is 358. The van der Waals surface area contributed by atoms with Crippen molar-refractivity contribution < 1.29 is 22.2 Å². The van der Waals surface area contributed by atoms with Crippen LogP contribution >= 0.6 is 0 Å². The van der Waals surface area contributed by atoms with Gasteiger partial charge in [-0.2, -0.15) is 13.5 Å². The zero-order valence-electron chi connectivity index (χ0n) is 11.7. The van der Waals surface area contributed by atoms with Gasteiger partial charge < -0.3 is 4.74 Å². The van der Waals surface area contributed by atoms with Crippen molar-refractivity contribution in [3.8, 4) is 0 Å². The summed E-state index contributed by atoms with van der Waals surface area (Å²) in [5.41, 5.74) is -0.693. The van der Waals surface area contributed by atoms with Crippen LogP contribution in [-0.4, -0.2) is 38.0 Å². The van der Waals surface area contributed by atoms with E-state index in [4.69, 9.17) is 4.74 Å². The van der Waals surface area contributed by atoms with Gasteiger partial charge in [0, 0.05) is 0 Å². The number of hydroxylamine groups is 2. The molecule has 0 aliphatic rings. The number of ether oxygens (including phenoxy) is 1. The summed E-state index contributed by atoms with van der Waals surface area (Å²) in [5.74, 6) is 0. The molecule has 0 atom stereocenters. The first-order valence-electron chi connectivity index (χ1n) is 5.95. The summed E-state index contributed by atoms with van der Waals surface area (Å²) in [6.45, 7) is 7.31. The first-order valence-corrected chi connectivity index (χ1v) is 7.77. The molecule has 1 amide bonds. The van der Waals surface area contributed by atoms with Gasteiger partial charge in [0.05, 0.1) is 12.8 Å². The molecule has 0 aromatic carbocycles. The van der Waals surface area contributed by atoms with Gasteiger partial charge in [-0.15, -0.1) is 4.28 Å². The quantitative estimate of drug-likeness (QED) is 0.552. The average Bonchev–Trinajstić information content (AvgIpc) is 2.11. The second kappa shape index (κ2) is 6.94. The predicted molar refractivity (Wildman–Crippen MR) is 68.4 cm³/mol. The summed E-state index contributed by atoms with van der Waals surface area (Å²) >= 11 is 0. The molecule has 0 aromatic rings. The number of carbonyl (C=O) groups excluding carboxylic acids is 1. The van der Waals surface area contributed by atoms with Crippen LogP contribution in [0.5, 0.6) is 0 Å². The van der Waals surface area contributed by atoms with Crippen molar-refractivity contribution >= 4 is 16.2 Å².